The average molecular weight is 527 g/mol. The zero-order valence-electron chi connectivity index (χ0n) is 22.1. The second kappa shape index (κ2) is 8.40. The maximum absolute atomic E-state index is 14.4. The van der Waals surface area contributed by atoms with Crippen LogP contribution < -0.4 is 23.7 Å². The maximum atomic E-state index is 14.4. The Kier molecular flexibility index (Phi) is 5.45. The number of methoxy groups -OCH3 is 3. The van der Waals surface area contributed by atoms with Crippen molar-refractivity contribution in [3.05, 3.63) is 33.4 Å². The Morgan fingerprint density at radius 2 is 1.58 bits per heavy atom. The first-order valence-corrected chi connectivity index (χ1v) is 12.4. The number of aliphatic hydroxyl groups excluding tert-OH is 1. The molecular weight excluding hydrogens is 496 g/mol. The van der Waals surface area contributed by atoms with Gasteiger partial charge >= 0.3 is 0 Å². The summed E-state index contributed by atoms with van der Waals surface area (Å²) in [6.07, 6.45) is 0.310. The number of ether oxygens (including phenoxy) is 5. The van der Waals surface area contributed by atoms with Crippen LogP contribution in [0.25, 0.3) is 0 Å². The number of phenolic OH excluding ortho intramolecular Hbond substituents is 1. The van der Waals surface area contributed by atoms with Gasteiger partial charge in [-0.15, -0.1) is 0 Å². The topological polar surface area (TPSA) is 127 Å². The Labute approximate surface area is 219 Å². The third kappa shape index (κ3) is 2.80. The van der Waals surface area contributed by atoms with Crippen molar-refractivity contribution in [3.8, 4) is 34.5 Å². The van der Waals surface area contributed by atoms with Gasteiger partial charge in [-0.3, -0.25) is 14.5 Å². The molecule has 11 heteroatoms. The molecule has 38 heavy (non-hydrogen) atoms. The Morgan fingerprint density at radius 1 is 0.921 bits per heavy atom. The Bertz CT molecular complexity index is 1400. The van der Waals surface area contributed by atoms with Crippen LogP contribution in [0.4, 0.5) is 0 Å². The fourth-order valence-corrected chi connectivity index (χ4v) is 6.90. The predicted octanol–water partition coefficient (Wildman–Crippen LogP) is 1.80. The number of hydrogen-bond donors (Lipinski definition) is 2. The van der Waals surface area contributed by atoms with E-state index in [0.29, 0.717) is 40.5 Å². The third-order valence-corrected chi connectivity index (χ3v) is 8.52. The number of carbonyl (C=O) groups is 2. The van der Waals surface area contributed by atoms with Crippen LogP contribution in [0, 0.1) is 13.8 Å². The monoisotopic (exact) mass is 526 g/mol. The lowest BCUT2D eigenvalue weighted by atomic mass is 9.73. The first-order valence-electron chi connectivity index (χ1n) is 12.4. The Hall–Kier alpha value is -3.70. The van der Waals surface area contributed by atoms with Gasteiger partial charge in [0.15, 0.2) is 28.8 Å². The van der Waals surface area contributed by atoms with E-state index in [2.05, 4.69) is 0 Å². The number of hydrogen-bond acceptors (Lipinski definition) is 10. The molecule has 2 N–H and O–H groups in total. The largest absolute Gasteiger partial charge is 0.507 e. The number of nitrogens with zero attached hydrogens (tertiary/aromatic N) is 2. The number of aliphatic hydroxyl groups is 1. The summed E-state index contributed by atoms with van der Waals surface area (Å²) in [6, 6.07) is -3.28. The summed E-state index contributed by atoms with van der Waals surface area (Å²) in [6.45, 7) is 2.93. The smallest absolute Gasteiger partial charge is 0.241 e. The van der Waals surface area contributed by atoms with Gasteiger partial charge < -0.3 is 38.8 Å². The first-order chi connectivity index (χ1) is 18.2. The molecule has 0 radical (unpaired) electrons. The van der Waals surface area contributed by atoms with Crippen molar-refractivity contribution >= 4 is 11.7 Å². The van der Waals surface area contributed by atoms with E-state index in [0.717, 1.165) is 11.1 Å². The van der Waals surface area contributed by atoms with Crippen molar-refractivity contribution in [2.75, 3.05) is 41.8 Å². The second-order valence-corrected chi connectivity index (χ2v) is 10.0. The van der Waals surface area contributed by atoms with Crippen molar-refractivity contribution in [1.82, 2.24) is 9.80 Å². The predicted molar refractivity (Wildman–Crippen MR) is 133 cm³/mol. The highest BCUT2D eigenvalue weighted by Crippen LogP contribution is 2.58. The Morgan fingerprint density at radius 3 is 2.21 bits per heavy atom. The highest BCUT2D eigenvalue weighted by atomic mass is 16.7. The molecule has 6 rings (SSSR count). The lowest BCUT2D eigenvalue weighted by Crippen LogP contribution is -2.68. The highest BCUT2D eigenvalue weighted by Gasteiger charge is 2.59. The average Bonchev–Trinajstić information content (AvgIpc) is 3.39. The number of likely N-dealkylation sites (N-methyl/N-ethyl adjacent to an activating group) is 1. The van der Waals surface area contributed by atoms with Gasteiger partial charge in [0, 0.05) is 34.2 Å². The molecule has 202 valence electrons. The molecule has 2 aromatic rings. The zero-order chi connectivity index (χ0) is 27.2. The molecule has 2 aromatic carbocycles. The molecule has 0 aliphatic carbocycles. The number of phenols is 1. The molecule has 0 spiro atoms. The molecule has 4 atom stereocenters. The standard InChI is InChI=1S/C27H30N2O9/c1-10-20(31)17-16(26-24(10)37-9-38-26)14(8-30)29-19(21(17)32)18-15-12(7-13(27(29)33)28(18)3)22(34-4)11(2)23(35-5)25(15)36-6/h13-14,18-19,30-31H,7-9H2,1-6H3/t13-,14-,18+,19?/m0/s1. The van der Waals surface area contributed by atoms with Gasteiger partial charge in [0.2, 0.25) is 12.7 Å². The van der Waals surface area contributed by atoms with Gasteiger partial charge in [0.1, 0.15) is 17.5 Å². The van der Waals surface area contributed by atoms with Crippen LogP contribution >= 0.6 is 0 Å². The minimum Gasteiger partial charge on any atom is -0.507 e. The van der Waals surface area contributed by atoms with Gasteiger partial charge in [-0.05, 0) is 20.9 Å². The number of piperazine rings is 1. The molecule has 4 aliphatic rings. The maximum Gasteiger partial charge on any atom is 0.241 e. The molecule has 1 unspecified atom stereocenters. The van der Waals surface area contributed by atoms with E-state index in [4.69, 9.17) is 23.7 Å². The van der Waals surface area contributed by atoms with E-state index >= 15 is 0 Å². The van der Waals surface area contributed by atoms with Crippen LogP contribution in [0.15, 0.2) is 0 Å². The number of benzene rings is 2. The number of fused-ring (bicyclic) bond motifs is 9. The Balaban J connectivity index is 1.67. The van der Waals surface area contributed by atoms with Gasteiger partial charge in [-0.2, -0.15) is 0 Å². The summed E-state index contributed by atoms with van der Waals surface area (Å²) in [5.41, 5.74) is 2.85. The van der Waals surface area contributed by atoms with Gasteiger partial charge in [0.25, 0.3) is 0 Å². The molecule has 11 nitrogen and oxygen atoms in total. The highest BCUT2D eigenvalue weighted by molar-refractivity contribution is 6.10. The van der Waals surface area contributed by atoms with Crippen molar-refractivity contribution in [1.29, 1.82) is 0 Å². The number of amides is 1. The summed E-state index contributed by atoms with van der Waals surface area (Å²) in [4.78, 5) is 31.8. The van der Waals surface area contributed by atoms with E-state index in [-0.39, 0.29) is 35.3 Å². The molecule has 1 saturated heterocycles. The molecular formula is C27H30N2O9. The van der Waals surface area contributed by atoms with Crippen LogP contribution in [0.5, 0.6) is 34.5 Å². The van der Waals surface area contributed by atoms with Crippen molar-refractivity contribution in [3.63, 3.8) is 0 Å². The lowest BCUT2D eigenvalue weighted by molar-refractivity contribution is -0.155. The van der Waals surface area contributed by atoms with Crippen LogP contribution in [0.1, 0.15) is 50.3 Å². The molecule has 4 heterocycles. The number of aromatic hydroxyl groups is 1. The summed E-state index contributed by atoms with van der Waals surface area (Å²) >= 11 is 0. The molecule has 1 amide bonds. The summed E-state index contributed by atoms with van der Waals surface area (Å²) < 4.78 is 28.7. The number of ketones is 1. The van der Waals surface area contributed by atoms with E-state index in [1.54, 1.807) is 21.1 Å². The number of rotatable bonds is 4. The van der Waals surface area contributed by atoms with Gasteiger partial charge in [-0.1, -0.05) is 0 Å². The van der Waals surface area contributed by atoms with Crippen LogP contribution in [0.2, 0.25) is 0 Å². The first kappa shape index (κ1) is 24.6. The fourth-order valence-electron chi connectivity index (χ4n) is 6.90. The quantitative estimate of drug-likeness (QED) is 0.609. The fraction of sp³-hybridized carbons (Fsp3) is 0.481. The second-order valence-electron chi connectivity index (χ2n) is 10.0. The van der Waals surface area contributed by atoms with E-state index in [1.165, 1.54) is 19.1 Å². The van der Waals surface area contributed by atoms with E-state index in [1.807, 2.05) is 11.8 Å². The molecule has 0 aromatic heterocycles. The van der Waals surface area contributed by atoms with Crippen LogP contribution in [-0.2, 0) is 11.2 Å². The number of Topliss-reactive ketones (excluding diaryl/α,β-unsaturated/α-hetero) is 1. The SMILES string of the molecule is COc1c(C)c(OC)c(OC)c2c1C[C@H]1C(=O)N3C(C(=O)c4c(O)c(C)c5c(c4[C@@H]3CO)OCO5)[C@@H]2N1C. The zero-order valence-corrected chi connectivity index (χ0v) is 22.1. The molecule has 1 fully saturated rings. The van der Waals surface area contributed by atoms with Crippen LogP contribution in [-0.4, -0.2) is 85.6 Å². The minimum atomic E-state index is -1.07. The van der Waals surface area contributed by atoms with Crippen molar-refractivity contribution in [2.24, 2.45) is 0 Å². The summed E-state index contributed by atoms with van der Waals surface area (Å²) in [5.74, 6) is 1.08. The van der Waals surface area contributed by atoms with Crippen LogP contribution in [0.3, 0.4) is 0 Å². The normalized spacial score (nSPS) is 25.1. The molecule has 0 saturated carbocycles. The summed E-state index contributed by atoms with van der Waals surface area (Å²) in [5, 5.41) is 21.9. The van der Waals surface area contributed by atoms with Gasteiger partial charge in [-0.25, -0.2) is 0 Å². The molecule has 2 bridgehead atoms. The van der Waals surface area contributed by atoms with E-state index in [9.17, 15) is 19.8 Å². The lowest BCUT2D eigenvalue weighted by Gasteiger charge is -2.56. The van der Waals surface area contributed by atoms with Crippen molar-refractivity contribution < 1.29 is 43.5 Å². The van der Waals surface area contributed by atoms with E-state index < -0.39 is 36.6 Å². The van der Waals surface area contributed by atoms with Gasteiger partial charge in [0.05, 0.1) is 51.6 Å². The molecule has 4 aliphatic heterocycles. The van der Waals surface area contributed by atoms with Crippen molar-refractivity contribution in [2.45, 2.75) is 44.4 Å². The number of carbonyl (C=O) groups excluding carboxylic acids is 2. The third-order valence-electron chi connectivity index (χ3n) is 8.52. The minimum absolute atomic E-state index is 0.0313. The summed E-state index contributed by atoms with van der Waals surface area (Å²) in [7, 11) is 6.43.